The lowest BCUT2D eigenvalue weighted by atomic mass is 9.82. The van der Waals surface area contributed by atoms with Gasteiger partial charge in [-0.05, 0) is 26.2 Å². The molecule has 6 heteroatoms. The maximum Gasteiger partial charge on any atom is 0.307 e. The molecule has 1 heterocycles. The fourth-order valence-corrected chi connectivity index (χ4v) is 3.30. The van der Waals surface area contributed by atoms with Gasteiger partial charge in [-0.1, -0.05) is 19.1 Å². The van der Waals surface area contributed by atoms with Crippen LogP contribution in [-0.2, 0) is 16.0 Å². The molecule has 1 aliphatic rings. The van der Waals surface area contributed by atoms with Gasteiger partial charge >= 0.3 is 5.97 Å². The molecular formula is C15H20N2O3S. The van der Waals surface area contributed by atoms with Crippen molar-refractivity contribution in [1.29, 1.82) is 0 Å². The van der Waals surface area contributed by atoms with Crippen LogP contribution in [-0.4, -0.2) is 22.0 Å². The minimum Gasteiger partial charge on any atom is -0.481 e. The number of hydrogen-bond donors (Lipinski definition) is 2. The second-order valence-electron chi connectivity index (χ2n) is 5.24. The van der Waals surface area contributed by atoms with E-state index in [4.69, 9.17) is 0 Å². The monoisotopic (exact) mass is 308 g/mol. The number of carboxylic acids is 1. The van der Waals surface area contributed by atoms with E-state index in [1.807, 2.05) is 25.3 Å². The number of aromatic nitrogens is 1. The molecule has 1 aliphatic carbocycles. The van der Waals surface area contributed by atoms with Crippen LogP contribution in [0.3, 0.4) is 0 Å². The Bertz CT molecular complexity index is 553. The van der Waals surface area contributed by atoms with Crippen molar-refractivity contribution in [3.05, 3.63) is 28.2 Å². The number of thiazole rings is 1. The van der Waals surface area contributed by atoms with Gasteiger partial charge in [0.05, 0.1) is 17.9 Å². The van der Waals surface area contributed by atoms with Crippen molar-refractivity contribution in [2.24, 2.45) is 11.8 Å². The van der Waals surface area contributed by atoms with Crippen LogP contribution < -0.4 is 5.32 Å². The van der Waals surface area contributed by atoms with Crippen molar-refractivity contribution in [3.8, 4) is 0 Å². The molecule has 0 aliphatic heterocycles. The van der Waals surface area contributed by atoms with Crippen molar-refractivity contribution in [1.82, 2.24) is 10.3 Å². The second-order valence-corrected chi connectivity index (χ2v) is 6.39. The van der Waals surface area contributed by atoms with Crippen LogP contribution in [0.5, 0.6) is 0 Å². The summed E-state index contributed by atoms with van der Waals surface area (Å²) in [5.41, 5.74) is 0. The van der Waals surface area contributed by atoms with Gasteiger partial charge in [0, 0.05) is 11.1 Å². The highest BCUT2D eigenvalue weighted by Gasteiger charge is 2.34. The molecule has 2 N–H and O–H groups in total. The number of nitrogens with zero attached hydrogens (tertiary/aromatic N) is 1. The average molecular weight is 308 g/mol. The van der Waals surface area contributed by atoms with Gasteiger partial charge in [-0.3, -0.25) is 9.59 Å². The highest BCUT2D eigenvalue weighted by atomic mass is 32.1. The van der Waals surface area contributed by atoms with Gasteiger partial charge in [0.2, 0.25) is 5.91 Å². The van der Waals surface area contributed by atoms with Crippen LogP contribution >= 0.6 is 11.3 Å². The second kappa shape index (κ2) is 6.85. The number of carboxylic acid groups (broad SMARTS) is 1. The molecule has 0 saturated heterocycles. The Morgan fingerprint density at radius 2 is 2.10 bits per heavy atom. The molecule has 0 spiro atoms. The number of aliphatic carboxylic acids is 1. The molecule has 1 aromatic rings. The van der Waals surface area contributed by atoms with E-state index in [0.29, 0.717) is 12.8 Å². The van der Waals surface area contributed by atoms with Gasteiger partial charge in [-0.25, -0.2) is 4.98 Å². The number of nitrogens with one attached hydrogen (secondary N) is 1. The first-order valence-corrected chi connectivity index (χ1v) is 7.97. The van der Waals surface area contributed by atoms with Gasteiger partial charge in [-0.2, -0.15) is 0 Å². The number of carbonyl (C=O) groups excluding carboxylic acids is 1. The van der Waals surface area contributed by atoms with Crippen LogP contribution in [0.1, 0.15) is 42.6 Å². The molecule has 1 unspecified atom stereocenters. The quantitative estimate of drug-likeness (QED) is 0.819. The molecule has 0 radical (unpaired) electrons. The first-order chi connectivity index (χ1) is 10.0. The van der Waals surface area contributed by atoms with Crippen molar-refractivity contribution in [2.45, 2.75) is 39.2 Å². The Labute approximate surface area is 128 Å². The van der Waals surface area contributed by atoms with Crippen LogP contribution in [0, 0.1) is 11.8 Å². The topological polar surface area (TPSA) is 79.3 Å². The first kappa shape index (κ1) is 15.7. The molecule has 5 nitrogen and oxygen atoms in total. The maximum atomic E-state index is 12.3. The van der Waals surface area contributed by atoms with E-state index in [2.05, 4.69) is 17.2 Å². The Balaban J connectivity index is 2.02. The number of aryl methyl sites for hydroxylation is 1. The summed E-state index contributed by atoms with van der Waals surface area (Å²) in [5.74, 6) is -2.24. The molecule has 2 rings (SSSR count). The number of carbonyl (C=O) groups is 2. The molecule has 0 aromatic carbocycles. The summed E-state index contributed by atoms with van der Waals surface area (Å²) >= 11 is 1.58. The highest BCUT2D eigenvalue weighted by Crippen LogP contribution is 2.27. The number of rotatable bonds is 5. The molecule has 21 heavy (non-hydrogen) atoms. The minimum atomic E-state index is -0.908. The zero-order valence-corrected chi connectivity index (χ0v) is 13.0. The number of amides is 1. The highest BCUT2D eigenvalue weighted by molar-refractivity contribution is 7.11. The fraction of sp³-hybridized carbons (Fsp3) is 0.533. The largest absolute Gasteiger partial charge is 0.481 e. The third-order valence-corrected chi connectivity index (χ3v) is 5.06. The Hall–Kier alpha value is -1.69. The van der Waals surface area contributed by atoms with E-state index in [-0.39, 0.29) is 11.9 Å². The van der Waals surface area contributed by atoms with Crippen LogP contribution in [0.4, 0.5) is 0 Å². The summed E-state index contributed by atoms with van der Waals surface area (Å²) in [6, 6.07) is -0.192. The Morgan fingerprint density at radius 3 is 2.67 bits per heavy atom. The maximum absolute atomic E-state index is 12.3. The molecule has 0 bridgehead atoms. The molecule has 1 amide bonds. The Kier molecular flexibility index (Phi) is 5.12. The zero-order chi connectivity index (χ0) is 15.4. The van der Waals surface area contributed by atoms with Crippen LogP contribution in [0.25, 0.3) is 0 Å². The van der Waals surface area contributed by atoms with Crippen molar-refractivity contribution in [3.63, 3.8) is 0 Å². The molecular weight excluding hydrogens is 288 g/mol. The SMILES string of the molecule is CCc1cnc(C(C)NC(=O)[C@@H]2CC=CC[C@@H]2C(=O)O)s1. The summed E-state index contributed by atoms with van der Waals surface area (Å²) in [4.78, 5) is 29.1. The third-order valence-electron chi connectivity index (χ3n) is 3.74. The van der Waals surface area contributed by atoms with E-state index in [9.17, 15) is 14.7 Å². The average Bonchev–Trinajstić information content (AvgIpc) is 2.96. The summed E-state index contributed by atoms with van der Waals surface area (Å²) in [6.07, 6.45) is 7.36. The molecule has 0 saturated carbocycles. The predicted molar refractivity (Wildman–Crippen MR) is 81.0 cm³/mol. The van der Waals surface area contributed by atoms with Gasteiger partial charge in [0.25, 0.3) is 0 Å². The van der Waals surface area contributed by atoms with Crippen molar-refractivity contribution in [2.75, 3.05) is 0 Å². The number of allylic oxidation sites excluding steroid dienone is 2. The molecule has 1 aromatic heterocycles. The lowest BCUT2D eigenvalue weighted by Crippen LogP contribution is -2.39. The van der Waals surface area contributed by atoms with E-state index in [0.717, 1.165) is 11.4 Å². The lowest BCUT2D eigenvalue weighted by Gasteiger charge is -2.25. The standard InChI is InChI=1S/C15H20N2O3S/c1-3-10-8-16-14(21-10)9(2)17-13(18)11-6-4-5-7-12(11)15(19)20/h4-5,8-9,11-12H,3,6-7H2,1-2H3,(H,17,18)(H,19,20)/t9?,11-,12+/m1/s1. The number of hydrogen-bond acceptors (Lipinski definition) is 4. The van der Waals surface area contributed by atoms with Gasteiger partial charge in [-0.15, -0.1) is 11.3 Å². The lowest BCUT2D eigenvalue weighted by molar-refractivity contribution is -0.147. The van der Waals surface area contributed by atoms with E-state index < -0.39 is 17.8 Å². The van der Waals surface area contributed by atoms with Gasteiger partial charge in [0.15, 0.2) is 0 Å². The first-order valence-electron chi connectivity index (χ1n) is 7.15. The fourth-order valence-electron chi connectivity index (χ4n) is 2.45. The minimum absolute atomic E-state index is 0.192. The van der Waals surface area contributed by atoms with E-state index in [1.54, 1.807) is 11.3 Å². The van der Waals surface area contributed by atoms with E-state index >= 15 is 0 Å². The van der Waals surface area contributed by atoms with Gasteiger partial charge < -0.3 is 10.4 Å². The molecule has 114 valence electrons. The summed E-state index contributed by atoms with van der Waals surface area (Å²) in [6.45, 7) is 3.94. The summed E-state index contributed by atoms with van der Waals surface area (Å²) in [7, 11) is 0. The molecule has 0 fully saturated rings. The smallest absolute Gasteiger partial charge is 0.307 e. The summed E-state index contributed by atoms with van der Waals surface area (Å²) in [5, 5.41) is 13.0. The third kappa shape index (κ3) is 3.69. The summed E-state index contributed by atoms with van der Waals surface area (Å²) < 4.78 is 0. The van der Waals surface area contributed by atoms with Gasteiger partial charge in [0.1, 0.15) is 5.01 Å². The van der Waals surface area contributed by atoms with Crippen molar-refractivity contribution < 1.29 is 14.7 Å². The Morgan fingerprint density at radius 1 is 1.43 bits per heavy atom. The molecule has 3 atom stereocenters. The van der Waals surface area contributed by atoms with E-state index in [1.165, 1.54) is 4.88 Å². The normalized spacial score (nSPS) is 22.8. The zero-order valence-electron chi connectivity index (χ0n) is 12.2. The van der Waals surface area contributed by atoms with Crippen molar-refractivity contribution >= 4 is 23.2 Å². The van der Waals surface area contributed by atoms with Crippen LogP contribution in [0.2, 0.25) is 0 Å². The predicted octanol–water partition coefficient (Wildman–Crippen LogP) is 2.55. The van der Waals surface area contributed by atoms with Crippen LogP contribution in [0.15, 0.2) is 18.3 Å².